The third kappa shape index (κ3) is 11.9. The number of amides is 4. The Hall–Kier alpha value is -3.36. The van der Waals surface area contributed by atoms with Gasteiger partial charge in [-0.1, -0.05) is 18.6 Å². The number of phenolic OH excluding ortho intramolecular Hbond substituents is 1. The molecule has 0 saturated carbocycles. The number of carboxylic acids is 1. The summed E-state index contributed by atoms with van der Waals surface area (Å²) in [5, 5.41) is 26.1. The van der Waals surface area contributed by atoms with Crippen molar-refractivity contribution in [2.45, 2.75) is 62.7 Å². The first-order valence-corrected chi connectivity index (χ1v) is 12.4. The molecule has 0 aliphatic rings. The second-order valence-electron chi connectivity index (χ2n) is 8.47. The van der Waals surface area contributed by atoms with Crippen LogP contribution in [-0.2, 0) is 30.4 Å². The molecule has 0 heterocycles. The van der Waals surface area contributed by atoms with Crippen LogP contribution >= 0.6 is 12.6 Å². The number of hydrogen-bond acceptors (Lipinski definition) is 9. The van der Waals surface area contributed by atoms with Crippen LogP contribution in [0.4, 0.5) is 0 Å². The zero-order valence-corrected chi connectivity index (χ0v) is 21.3. The Bertz CT molecular complexity index is 931. The molecule has 13 nitrogen and oxygen atoms in total. The van der Waals surface area contributed by atoms with Crippen molar-refractivity contribution in [3.63, 3.8) is 0 Å². The number of hydrogen-bond donors (Lipinski definition) is 9. The van der Waals surface area contributed by atoms with Crippen LogP contribution in [0.25, 0.3) is 0 Å². The van der Waals surface area contributed by atoms with Gasteiger partial charge in [-0.25, -0.2) is 4.79 Å². The predicted molar refractivity (Wildman–Crippen MR) is 138 cm³/mol. The molecular formula is C23H36N6O7S. The van der Waals surface area contributed by atoms with Crippen molar-refractivity contribution in [2.24, 2.45) is 17.2 Å². The zero-order valence-electron chi connectivity index (χ0n) is 20.4. The quantitative estimate of drug-likeness (QED) is 0.0792. The molecule has 14 heteroatoms. The van der Waals surface area contributed by atoms with Gasteiger partial charge in [-0.2, -0.15) is 12.6 Å². The summed E-state index contributed by atoms with van der Waals surface area (Å²) in [5.41, 5.74) is 17.1. The average Bonchev–Trinajstić information content (AvgIpc) is 2.85. The van der Waals surface area contributed by atoms with E-state index in [0.29, 0.717) is 31.4 Å². The lowest BCUT2D eigenvalue weighted by atomic mass is 10.0. The summed E-state index contributed by atoms with van der Waals surface area (Å²) in [7, 11) is 0. The van der Waals surface area contributed by atoms with E-state index >= 15 is 0 Å². The Balaban J connectivity index is 3.09. The predicted octanol–water partition coefficient (Wildman–Crippen LogP) is -1.87. The lowest BCUT2D eigenvalue weighted by molar-refractivity contribution is -0.141. The van der Waals surface area contributed by atoms with E-state index in [2.05, 4.69) is 28.6 Å². The Labute approximate surface area is 220 Å². The van der Waals surface area contributed by atoms with Crippen LogP contribution in [0.3, 0.4) is 0 Å². The second kappa shape index (κ2) is 16.4. The van der Waals surface area contributed by atoms with Crippen molar-refractivity contribution in [3.8, 4) is 5.75 Å². The van der Waals surface area contributed by atoms with Crippen molar-refractivity contribution < 1.29 is 34.2 Å². The number of aromatic hydroxyl groups is 1. The van der Waals surface area contributed by atoms with Gasteiger partial charge >= 0.3 is 5.97 Å². The van der Waals surface area contributed by atoms with Crippen molar-refractivity contribution >= 4 is 42.2 Å². The first-order chi connectivity index (χ1) is 17.5. The SMILES string of the molecule is NCCCCC(N)C(=O)NC(CCC(N)=O)C(=O)NC(Cc1ccc(O)cc1)C(=O)NC(CS)C(=O)O. The highest BCUT2D eigenvalue weighted by atomic mass is 32.1. The summed E-state index contributed by atoms with van der Waals surface area (Å²) in [6, 6.07) is 1.11. The number of benzene rings is 1. The van der Waals surface area contributed by atoms with E-state index in [0.717, 1.165) is 0 Å². The summed E-state index contributed by atoms with van der Waals surface area (Å²) in [4.78, 5) is 61.3. The number of carboxylic acid groups (broad SMARTS) is 1. The number of thiol groups is 1. The number of rotatable bonds is 17. The van der Waals surface area contributed by atoms with Gasteiger partial charge in [-0.15, -0.1) is 0 Å². The monoisotopic (exact) mass is 540 g/mol. The summed E-state index contributed by atoms with van der Waals surface area (Å²) in [6.45, 7) is 0.443. The maximum atomic E-state index is 13.1. The molecule has 0 fully saturated rings. The Kier molecular flexibility index (Phi) is 14.0. The normalized spacial score (nSPS) is 14.0. The van der Waals surface area contributed by atoms with Gasteiger partial charge in [0.15, 0.2) is 0 Å². The lowest BCUT2D eigenvalue weighted by Gasteiger charge is -2.25. The smallest absolute Gasteiger partial charge is 0.327 e. The first kappa shape index (κ1) is 31.7. The molecule has 0 aliphatic carbocycles. The van der Waals surface area contributed by atoms with Crippen LogP contribution in [0.15, 0.2) is 24.3 Å². The highest BCUT2D eigenvalue weighted by Crippen LogP contribution is 2.12. The van der Waals surface area contributed by atoms with Gasteiger partial charge in [0.1, 0.15) is 23.9 Å². The fourth-order valence-electron chi connectivity index (χ4n) is 3.28. The Morgan fingerprint density at radius 2 is 1.43 bits per heavy atom. The molecule has 11 N–H and O–H groups in total. The minimum Gasteiger partial charge on any atom is -0.508 e. The van der Waals surface area contributed by atoms with Crippen LogP contribution < -0.4 is 33.2 Å². The third-order valence-corrected chi connectivity index (χ3v) is 5.79. The molecule has 1 aromatic rings. The summed E-state index contributed by atoms with van der Waals surface area (Å²) >= 11 is 3.92. The molecule has 0 bridgehead atoms. The van der Waals surface area contributed by atoms with E-state index in [9.17, 15) is 34.2 Å². The summed E-state index contributed by atoms with van der Waals surface area (Å²) < 4.78 is 0. The number of nitrogens with two attached hydrogens (primary N) is 3. The van der Waals surface area contributed by atoms with Gasteiger partial charge in [-0.05, 0) is 43.5 Å². The first-order valence-electron chi connectivity index (χ1n) is 11.7. The lowest BCUT2D eigenvalue weighted by Crippen LogP contribution is -2.58. The van der Waals surface area contributed by atoms with Crippen molar-refractivity contribution in [1.82, 2.24) is 16.0 Å². The number of primary amides is 1. The Morgan fingerprint density at radius 3 is 1.97 bits per heavy atom. The van der Waals surface area contributed by atoms with Gasteiger partial charge in [0, 0.05) is 18.6 Å². The van der Waals surface area contributed by atoms with Crippen molar-refractivity contribution in [2.75, 3.05) is 12.3 Å². The van der Waals surface area contributed by atoms with E-state index in [1.165, 1.54) is 24.3 Å². The van der Waals surface area contributed by atoms with Crippen molar-refractivity contribution in [3.05, 3.63) is 29.8 Å². The fraction of sp³-hybridized carbons (Fsp3) is 0.522. The van der Waals surface area contributed by atoms with E-state index in [1.54, 1.807) is 0 Å². The van der Waals surface area contributed by atoms with Gasteiger partial charge in [-0.3, -0.25) is 19.2 Å². The maximum Gasteiger partial charge on any atom is 0.327 e. The summed E-state index contributed by atoms with van der Waals surface area (Å²) in [5.74, 6) is -4.43. The van der Waals surface area contributed by atoms with Crippen LogP contribution in [0.2, 0.25) is 0 Å². The minimum atomic E-state index is -1.31. The number of carbonyl (C=O) groups is 5. The molecule has 1 rings (SSSR count). The van der Waals surface area contributed by atoms with E-state index in [4.69, 9.17) is 17.2 Å². The van der Waals surface area contributed by atoms with Crippen LogP contribution in [-0.4, -0.2) is 76.3 Å². The fourth-order valence-corrected chi connectivity index (χ4v) is 3.53. The summed E-state index contributed by atoms with van der Waals surface area (Å²) in [6.07, 6.45) is 1.17. The maximum absolute atomic E-state index is 13.1. The van der Waals surface area contributed by atoms with Gasteiger partial charge in [0.05, 0.1) is 6.04 Å². The van der Waals surface area contributed by atoms with Crippen molar-refractivity contribution in [1.29, 1.82) is 0 Å². The van der Waals surface area contributed by atoms with E-state index in [-0.39, 0.29) is 30.8 Å². The van der Waals surface area contributed by atoms with Crippen LogP contribution in [0, 0.1) is 0 Å². The molecule has 206 valence electrons. The minimum absolute atomic E-state index is 0.00756. The molecule has 4 atom stereocenters. The number of carbonyl (C=O) groups excluding carboxylic acids is 4. The molecule has 0 aliphatic heterocycles. The molecule has 37 heavy (non-hydrogen) atoms. The molecule has 4 unspecified atom stereocenters. The molecule has 4 amide bonds. The number of nitrogens with one attached hydrogen (secondary N) is 3. The van der Waals surface area contributed by atoms with E-state index < -0.39 is 53.8 Å². The molecular weight excluding hydrogens is 504 g/mol. The van der Waals surface area contributed by atoms with Crippen LogP contribution in [0.5, 0.6) is 5.75 Å². The standard InChI is InChI=1S/C23H36N6O7S/c24-10-2-1-3-15(25)20(32)27-16(8-9-19(26)31)21(33)28-17(11-13-4-6-14(30)7-5-13)22(34)29-18(12-37)23(35)36/h4-7,15-18,30,37H,1-3,8-12,24-25H2,(H2,26,31)(H,27,32)(H,28,33)(H,29,34)(H,35,36). The topological polar surface area (TPSA) is 240 Å². The van der Waals surface area contributed by atoms with Crippen LogP contribution in [0.1, 0.15) is 37.7 Å². The largest absolute Gasteiger partial charge is 0.508 e. The molecule has 0 spiro atoms. The Morgan fingerprint density at radius 1 is 0.865 bits per heavy atom. The van der Waals surface area contributed by atoms with Gasteiger partial charge in [0.2, 0.25) is 23.6 Å². The number of aliphatic carboxylic acids is 1. The molecule has 0 aromatic heterocycles. The van der Waals surface area contributed by atoms with E-state index in [1.807, 2.05) is 0 Å². The number of unbranched alkanes of at least 4 members (excludes halogenated alkanes) is 1. The number of phenols is 1. The highest BCUT2D eigenvalue weighted by molar-refractivity contribution is 7.80. The third-order valence-electron chi connectivity index (χ3n) is 5.42. The van der Waals surface area contributed by atoms with Gasteiger partial charge < -0.3 is 43.4 Å². The molecule has 0 saturated heterocycles. The molecule has 0 radical (unpaired) electrons. The average molecular weight is 541 g/mol. The zero-order chi connectivity index (χ0) is 28.0. The second-order valence-corrected chi connectivity index (χ2v) is 8.84. The molecule has 1 aromatic carbocycles. The highest BCUT2D eigenvalue weighted by Gasteiger charge is 2.30. The van der Waals surface area contributed by atoms with Gasteiger partial charge in [0.25, 0.3) is 0 Å².